The van der Waals surface area contributed by atoms with Crippen molar-refractivity contribution in [3.8, 4) is 5.75 Å². The Hall–Kier alpha value is -0.360. The van der Waals surface area contributed by atoms with Crippen LogP contribution in [0.25, 0.3) is 0 Å². The molecule has 0 aliphatic carbocycles. The highest BCUT2D eigenvalue weighted by Gasteiger charge is 2.12. The van der Waals surface area contributed by atoms with Gasteiger partial charge in [0.15, 0.2) is 0 Å². The predicted molar refractivity (Wildman–Crippen MR) is 71.6 cm³/mol. The smallest absolute Gasteiger partial charge is 0.129 e. The first-order valence-electron chi connectivity index (χ1n) is 4.72. The summed E-state index contributed by atoms with van der Waals surface area (Å²) in [5.41, 5.74) is 0. The molecule has 0 saturated heterocycles. The van der Waals surface area contributed by atoms with Crippen molar-refractivity contribution in [1.82, 2.24) is 0 Å². The maximum Gasteiger partial charge on any atom is 0.129 e. The molecule has 0 bridgehead atoms. The lowest BCUT2D eigenvalue weighted by atomic mass is 10.2. The van der Waals surface area contributed by atoms with Crippen LogP contribution >= 0.6 is 38.6 Å². The van der Waals surface area contributed by atoms with Crippen molar-refractivity contribution < 1.29 is 9.84 Å². The van der Waals surface area contributed by atoms with E-state index in [0.717, 1.165) is 15.1 Å². The molecular weight excluding hydrogens is 308 g/mol. The number of aliphatic hydroxyl groups is 1. The van der Waals surface area contributed by atoms with Gasteiger partial charge in [0.25, 0.3) is 0 Å². The molecule has 1 atom stereocenters. The number of thiophene rings is 2. The topological polar surface area (TPSA) is 29.5 Å². The molecule has 2 heterocycles. The zero-order valence-electron chi connectivity index (χ0n) is 8.64. The lowest BCUT2D eigenvalue weighted by Crippen LogP contribution is -1.97. The van der Waals surface area contributed by atoms with Crippen LogP contribution in [0.1, 0.15) is 15.9 Å². The molecule has 0 radical (unpaired) electrons. The minimum absolute atomic E-state index is 0.445. The monoisotopic (exact) mass is 318 g/mol. The van der Waals surface area contributed by atoms with Gasteiger partial charge in [-0.3, -0.25) is 0 Å². The molecule has 0 fully saturated rings. The van der Waals surface area contributed by atoms with Crippen LogP contribution in [-0.4, -0.2) is 12.2 Å². The van der Waals surface area contributed by atoms with Crippen LogP contribution in [0, 0.1) is 0 Å². The number of halogens is 1. The SMILES string of the molecule is COc1csc(C(O)Cc2cc(Br)cs2)c1. The second-order valence-corrected chi connectivity index (χ2v) is 6.19. The summed E-state index contributed by atoms with van der Waals surface area (Å²) in [4.78, 5) is 2.12. The Labute approximate surface area is 111 Å². The number of methoxy groups -OCH3 is 1. The first kappa shape index (κ1) is 12.1. The average molecular weight is 319 g/mol. The summed E-state index contributed by atoms with van der Waals surface area (Å²) < 4.78 is 6.17. The summed E-state index contributed by atoms with van der Waals surface area (Å²) >= 11 is 6.58. The molecular formula is C11H11BrO2S2. The van der Waals surface area contributed by atoms with Gasteiger partial charge in [-0.2, -0.15) is 0 Å². The molecule has 86 valence electrons. The Kier molecular flexibility index (Phi) is 4.02. The van der Waals surface area contributed by atoms with E-state index in [1.54, 1.807) is 18.4 Å². The molecule has 2 aromatic rings. The zero-order valence-corrected chi connectivity index (χ0v) is 11.9. The number of hydrogen-bond donors (Lipinski definition) is 1. The van der Waals surface area contributed by atoms with Gasteiger partial charge in [0.1, 0.15) is 5.75 Å². The van der Waals surface area contributed by atoms with E-state index in [1.807, 2.05) is 22.9 Å². The molecule has 16 heavy (non-hydrogen) atoms. The van der Waals surface area contributed by atoms with Gasteiger partial charge in [0, 0.05) is 31.4 Å². The predicted octanol–water partition coefficient (Wildman–Crippen LogP) is 3.86. The number of aliphatic hydroxyl groups excluding tert-OH is 1. The minimum Gasteiger partial charge on any atom is -0.496 e. The fraction of sp³-hybridized carbons (Fsp3) is 0.273. The Morgan fingerprint density at radius 2 is 2.19 bits per heavy atom. The largest absolute Gasteiger partial charge is 0.496 e. The molecule has 0 aliphatic heterocycles. The summed E-state index contributed by atoms with van der Waals surface area (Å²) in [7, 11) is 1.63. The van der Waals surface area contributed by atoms with E-state index in [4.69, 9.17) is 4.74 Å². The summed E-state index contributed by atoms with van der Waals surface area (Å²) in [5.74, 6) is 0.811. The Bertz CT molecular complexity index is 464. The van der Waals surface area contributed by atoms with Crippen LogP contribution in [0.3, 0.4) is 0 Å². The standard InChI is InChI=1S/C11H11BrO2S2/c1-14-8-3-11(16-6-8)10(13)4-9-2-7(12)5-15-9/h2-3,5-6,10,13H,4H2,1H3. The fourth-order valence-electron chi connectivity index (χ4n) is 1.37. The molecule has 0 saturated carbocycles. The molecule has 1 N–H and O–H groups in total. The lowest BCUT2D eigenvalue weighted by Gasteiger charge is -2.05. The first-order chi connectivity index (χ1) is 7.69. The fourth-order valence-corrected chi connectivity index (χ4v) is 3.70. The summed E-state index contributed by atoms with van der Waals surface area (Å²) in [6.07, 6.45) is 0.208. The molecule has 5 heteroatoms. The van der Waals surface area contributed by atoms with Crippen molar-refractivity contribution in [3.63, 3.8) is 0 Å². The molecule has 2 rings (SSSR count). The highest BCUT2D eigenvalue weighted by atomic mass is 79.9. The highest BCUT2D eigenvalue weighted by Crippen LogP contribution is 2.30. The van der Waals surface area contributed by atoms with Gasteiger partial charge in [-0.25, -0.2) is 0 Å². The molecule has 0 aliphatic rings. The quantitative estimate of drug-likeness (QED) is 0.927. The van der Waals surface area contributed by atoms with Gasteiger partial charge in [0.05, 0.1) is 13.2 Å². The van der Waals surface area contributed by atoms with Gasteiger partial charge in [0.2, 0.25) is 0 Å². The van der Waals surface area contributed by atoms with Crippen LogP contribution in [0.2, 0.25) is 0 Å². The molecule has 1 unspecified atom stereocenters. The average Bonchev–Trinajstić information content (AvgIpc) is 2.87. The Morgan fingerprint density at radius 1 is 1.38 bits per heavy atom. The van der Waals surface area contributed by atoms with E-state index >= 15 is 0 Å². The summed E-state index contributed by atoms with van der Waals surface area (Å²) in [5, 5.41) is 14.0. The van der Waals surface area contributed by atoms with Crippen LogP contribution in [-0.2, 0) is 6.42 Å². The Balaban J connectivity index is 2.05. The molecule has 0 amide bonds. The van der Waals surface area contributed by atoms with E-state index in [9.17, 15) is 5.11 Å². The highest BCUT2D eigenvalue weighted by molar-refractivity contribution is 9.10. The molecule has 2 aromatic heterocycles. The number of ether oxygens (including phenoxy) is 1. The zero-order chi connectivity index (χ0) is 11.5. The van der Waals surface area contributed by atoms with E-state index in [0.29, 0.717) is 6.42 Å². The number of rotatable bonds is 4. The van der Waals surface area contributed by atoms with E-state index in [2.05, 4.69) is 15.9 Å². The van der Waals surface area contributed by atoms with Crippen molar-refractivity contribution in [2.24, 2.45) is 0 Å². The summed E-state index contributed by atoms with van der Waals surface area (Å²) in [6, 6.07) is 3.93. The third kappa shape index (κ3) is 2.85. The summed E-state index contributed by atoms with van der Waals surface area (Å²) in [6.45, 7) is 0. The van der Waals surface area contributed by atoms with Crippen LogP contribution in [0.5, 0.6) is 5.75 Å². The molecule has 0 spiro atoms. The first-order valence-corrected chi connectivity index (χ1v) is 7.27. The van der Waals surface area contributed by atoms with Gasteiger partial charge >= 0.3 is 0 Å². The van der Waals surface area contributed by atoms with Crippen molar-refractivity contribution in [3.05, 3.63) is 37.1 Å². The van der Waals surface area contributed by atoms with Gasteiger partial charge in [-0.15, -0.1) is 22.7 Å². The van der Waals surface area contributed by atoms with Gasteiger partial charge in [-0.1, -0.05) is 0 Å². The van der Waals surface area contributed by atoms with Gasteiger partial charge in [-0.05, 0) is 28.1 Å². The number of hydrogen-bond acceptors (Lipinski definition) is 4. The van der Waals surface area contributed by atoms with E-state index in [1.165, 1.54) is 16.2 Å². The second-order valence-electron chi connectivity index (χ2n) is 3.34. The van der Waals surface area contributed by atoms with Crippen molar-refractivity contribution in [2.75, 3.05) is 7.11 Å². The molecule has 2 nitrogen and oxygen atoms in total. The van der Waals surface area contributed by atoms with Crippen molar-refractivity contribution in [2.45, 2.75) is 12.5 Å². The van der Waals surface area contributed by atoms with Crippen LogP contribution in [0.4, 0.5) is 0 Å². The molecule has 0 aromatic carbocycles. The second kappa shape index (κ2) is 5.31. The van der Waals surface area contributed by atoms with Crippen LogP contribution in [0.15, 0.2) is 27.4 Å². The van der Waals surface area contributed by atoms with Crippen LogP contribution < -0.4 is 4.74 Å². The normalized spacial score (nSPS) is 12.7. The van der Waals surface area contributed by atoms with Crippen molar-refractivity contribution in [1.29, 1.82) is 0 Å². The maximum absolute atomic E-state index is 10.0. The van der Waals surface area contributed by atoms with E-state index in [-0.39, 0.29) is 0 Å². The van der Waals surface area contributed by atoms with Crippen molar-refractivity contribution >= 4 is 38.6 Å². The lowest BCUT2D eigenvalue weighted by molar-refractivity contribution is 0.183. The van der Waals surface area contributed by atoms with Gasteiger partial charge < -0.3 is 9.84 Å². The minimum atomic E-state index is -0.445. The maximum atomic E-state index is 10.0. The third-order valence-corrected chi connectivity index (χ3v) is 4.91. The third-order valence-electron chi connectivity index (χ3n) is 2.18. The Morgan fingerprint density at radius 3 is 2.75 bits per heavy atom. The van der Waals surface area contributed by atoms with E-state index < -0.39 is 6.10 Å².